The quantitative estimate of drug-likeness (QED) is 0.502. The number of aryl methyl sites for hydroxylation is 2. The van der Waals surface area contributed by atoms with Gasteiger partial charge in [0.1, 0.15) is 0 Å². The number of aliphatic hydroxyl groups excluding tert-OH is 1. The Morgan fingerprint density at radius 1 is 0.826 bits per heavy atom. The molecule has 0 saturated heterocycles. The van der Waals surface area contributed by atoms with Gasteiger partial charge in [0, 0.05) is 12.1 Å². The maximum Gasteiger partial charge on any atom is 0.0448 e. The Labute approximate surface area is 143 Å². The Kier molecular flexibility index (Phi) is 10.2. The van der Waals surface area contributed by atoms with Crippen LogP contribution in [-0.2, 0) is 12.8 Å². The zero-order valence-corrected chi connectivity index (χ0v) is 15.3. The van der Waals surface area contributed by atoms with E-state index in [0.29, 0.717) is 6.42 Å². The molecule has 0 saturated carbocycles. The van der Waals surface area contributed by atoms with Crippen LogP contribution in [0.25, 0.3) is 0 Å². The summed E-state index contributed by atoms with van der Waals surface area (Å²) in [4.78, 5) is 0. The van der Waals surface area contributed by atoms with E-state index in [9.17, 15) is 0 Å². The van der Waals surface area contributed by atoms with Gasteiger partial charge in [0.25, 0.3) is 0 Å². The SMILES string of the molecule is CCCCCCCCc1ccc(CCC(N)(CC)CCO)cc1. The summed E-state index contributed by atoms with van der Waals surface area (Å²) in [6.45, 7) is 4.56. The molecule has 0 heterocycles. The van der Waals surface area contributed by atoms with E-state index in [1.54, 1.807) is 0 Å². The lowest BCUT2D eigenvalue weighted by Gasteiger charge is -2.27. The van der Waals surface area contributed by atoms with E-state index in [-0.39, 0.29) is 12.1 Å². The van der Waals surface area contributed by atoms with Gasteiger partial charge in [0.05, 0.1) is 0 Å². The molecule has 1 atom stereocenters. The summed E-state index contributed by atoms with van der Waals surface area (Å²) in [5.74, 6) is 0. The number of aliphatic hydroxyl groups is 1. The maximum atomic E-state index is 9.14. The fourth-order valence-corrected chi connectivity index (χ4v) is 3.08. The average molecular weight is 320 g/mol. The molecule has 1 rings (SSSR count). The molecule has 23 heavy (non-hydrogen) atoms. The van der Waals surface area contributed by atoms with Crippen LogP contribution in [0.2, 0.25) is 0 Å². The number of rotatable bonds is 13. The Morgan fingerprint density at radius 2 is 1.39 bits per heavy atom. The van der Waals surface area contributed by atoms with Crippen molar-refractivity contribution in [3.8, 4) is 0 Å². The van der Waals surface area contributed by atoms with E-state index in [2.05, 4.69) is 38.1 Å². The molecule has 2 heteroatoms. The van der Waals surface area contributed by atoms with Gasteiger partial charge in [-0.05, 0) is 49.7 Å². The summed E-state index contributed by atoms with van der Waals surface area (Å²) in [6.07, 6.45) is 12.9. The van der Waals surface area contributed by atoms with Gasteiger partial charge in [-0.15, -0.1) is 0 Å². The van der Waals surface area contributed by atoms with Gasteiger partial charge in [-0.25, -0.2) is 0 Å². The van der Waals surface area contributed by atoms with Crippen molar-refractivity contribution < 1.29 is 5.11 Å². The highest BCUT2D eigenvalue weighted by Crippen LogP contribution is 2.20. The first-order chi connectivity index (χ1) is 11.1. The van der Waals surface area contributed by atoms with Crippen LogP contribution in [0.4, 0.5) is 0 Å². The smallest absolute Gasteiger partial charge is 0.0448 e. The summed E-state index contributed by atoms with van der Waals surface area (Å²) in [5.41, 5.74) is 8.94. The first-order valence-corrected chi connectivity index (χ1v) is 9.61. The molecule has 0 bridgehead atoms. The molecule has 0 aliphatic rings. The van der Waals surface area contributed by atoms with Gasteiger partial charge in [-0.3, -0.25) is 0 Å². The van der Waals surface area contributed by atoms with Gasteiger partial charge in [-0.1, -0.05) is 70.2 Å². The molecule has 0 radical (unpaired) electrons. The predicted molar refractivity (Wildman–Crippen MR) is 101 cm³/mol. The summed E-state index contributed by atoms with van der Waals surface area (Å²) >= 11 is 0. The molecule has 0 aliphatic heterocycles. The van der Waals surface area contributed by atoms with Gasteiger partial charge in [0.2, 0.25) is 0 Å². The van der Waals surface area contributed by atoms with Crippen molar-refractivity contribution in [2.75, 3.05) is 6.61 Å². The number of benzene rings is 1. The third-order valence-electron chi connectivity index (χ3n) is 5.07. The van der Waals surface area contributed by atoms with E-state index in [1.165, 1.54) is 56.1 Å². The minimum Gasteiger partial charge on any atom is -0.396 e. The first-order valence-electron chi connectivity index (χ1n) is 9.61. The predicted octanol–water partition coefficient (Wildman–Crippen LogP) is 5.01. The van der Waals surface area contributed by atoms with Crippen LogP contribution in [0.3, 0.4) is 0 Å². The molecule has 1 aromatic carbocycles. The minimum absolute atomic E-state index is 0.182. The number of hydrogen-bond acceptors (Lipinski definition) is 2. The van der Waals surface area contributed by atoms with Crippen molar-refractivity contribution in [2.45, 2.75) is 90.0 Å². The van der Waals surface area contributed by atoms with Crippen molar-refractivity contribution in [3.63, 3.8) is 0 Å². The lowest BCUT2D eigenvalue weighted by Crippen LogP contribution is -2.40. The van der Waals surface area contributed by atoms with Crippen LogP contribution >= 0.6 is 0 Å². The largest absolute Gasteiger partial charge is 0.396 e. The standard InChI is InChI=1S/C21H37NO/c1-3-5-6-7-8-9-10-19-11-13-20(14-12-19)15-16-21(22,4-2)17-18-23/h11-14,23H,3-10,15-18,22H2,1-2H3. The van der Waals surface area contributed by atoms with E-state index < -0.39 is 0 Å². The van der Waals surface area contributed by atoms with Crippen molar-refractivity contribution in [1.29, 1.82) is 0 Å². The number of nitrogens with two attached hydrogens (primary N) is 1. The highest BCUT2D eigenvalue weighted by Gasteiger charge is 2.21. The minimum atomic E-state index is -0.216. The lowest BCUT2D eigenvalue weighted by molar-refractivity contribution is 0.226. The van der Waals surface area contributed by atoms with Crippen molar-refractivity contribution in [1.82, 2.24) is 0 Å². The molecule has 1 unspecified atom stereocenters. The highest BCUT2D eigenvalue weighted by atomic mass is 16.3. The fraction of sp³-hybridized carbons (Fsp3) is 0.714. The topological polar surface area (TPSA) is 46.2 Å². The van der Waals surface area contributed by atoms with Crippen molar-refractivity contribution in [2.24, 2.45) is 5.73 Å². The third kappa shape index (κ3) is 8.53. The third-order valence-corrected chi connectivity index (χ3v) is 5.07. The summed E-state index contributed by atoms with van der Waals surface area (Å²) in [6, 6.07) is 9.05. The molecule has 0 fully saturated rings. The van der Waals surface area contributed by atoms with Crippen LogP contribution < -0.4 is 5.73 Å². The fourth-order valence-electron chi connectivity index (χ4n) is 3.08. The Morgan fingerprint density at radius 3 is 1.96 bits per heavy atom. The summed E-state index contributed by atoms with van der Waals surface area (Å²) in [5, 5.41) is 9.14. The number of hydrogen-bond donors (Lipinski definition) is 2. The van der Waals surface area contributed by atoms with Crippen LogP contribution in [0.15, 0.2) is 24.3 Å². The molecule has 0 amide bonds. The maximum absolute atomic E-state index is 9.14. The summed E-state index contributed by atoms with van der Waals surface area (Å²) < 4.78 is 0. The van der Waals surface area contributed by atoms with Gasteiger partial charge in [-0.2, -0.15) is 0 Å². The Bertz CT molecular complexity index is 401. The average Bonchev–Trinajstić information content (AvgIpc) is 2.57. The molecule has 0 spiro atoms. The van der Waals surface area contributed by atoms with Crippen molar-refractivity contribution in [3.05, 3.63) is 35.4 Å². The van der Waals surface area contributed by atoms with Crippen LogP contribution in [-0.4, -0.2) is 17.3 Å². The van der Waals surface area contributed by atoms with E-state index in [4.69, 9.17) is 10.8 Å². The molecule has 0 aromatic heterocycles. The van der Waals surface area contributed by atoms with Crippen molar-refractivity contribution >= 4 is 0 Å². The molecular weight excluding hydrogens is 282 g/mol. The second-order valence-electron chi connectivity index (χ2n) is 7.02. The van der Waals surface area contributed by atoms with E-state index >= 15 is 0 Å². The molecule has 1 aromatic rings. The zero-order valence-electron chi connectivity index (χ0n) is 15.3. The monoisotopic (exact) mass is 319 g/mol. The zero-order chi connectivity index (χ0) is 17.0. The molecule has 3 N–H and O–H groups in total. The highest BCUT2D eigenvalue weighted by molar-refractivity contribution is 5.23. The van der Waals surface area contributed by atoms with Crippen LogP contribution in [0.1, 0.15) is 82.8 Å². The molecular formula is C21H37NO. The van der Waals surface area contributed by atoms with E-state index in [0.717, 1.165) is 19.3 Å². The first kappa shape index (κ1) is 20.2. The Hall–Kier alpha value is -0.860. The second-order valence-corrected chi connectivity index (χ2v) is 7.02. The molecule has 0 aliphatic carbocycles. The van der Waals surface area contributed by atoms with Crippen LogP contribution in [0, 0.1) is 0 Å². The molecule has 132 valence electrons. The normalized spacial score (nSPS) is 13.9. The number of unbranched alkanes of at least 4 members (excludes halogenated alkanes) is 5. The Balaban J connectivity index is 2.30. The van der Waals surface area contributed by atoms with E-state index in [1.807, 2.05) is 0 Å². The van der Waals surface area contributed by atoms with Gasteiger partial charge >= 0.3 is 0 Å². The lowest BCUT2D eigenvalue weighted by atomic mass is 9.87. The molecule has 2 nitrogen and oxygen atoms in total. The van der Waals surface area contributed by atoms with Gasteiger partial charge < -0.3 is 10.8 Å². The van der Waals surface area contributed by atoms with Gasteiger partial charge in [0.15, 0.2) is 0 Å². The summed E-state index contributed by atoms with van der Waals surface area (Å²) in [7, 11) is 0. The second kappa shape index (κ2) is 11.6. The van der Waals surface area contributed by atoms with Crippen LogP contribution in [0.5, 0.6) is 0 Å².